The molecule has 0 radical (unpaired) electrons. The minimum absolute atomic E-state index is 0.160. The molecule has 34 heavy (non-hydrogen) atoms. The van der Waals surface area contributed by atoms with E-state index in [1.54, 1.807) is 18.2 Å². The van der Waals surface area contributed by atoms with Crippen LogP contribution in [0.3, 0.4) is 0 Å². The Hall–Kier alpha value is -3.34. The molecule has 2 fully saturated rings. The molecule has 0 unspecified atom stereocenters. The van der Waals surface area contributed by atoms with E-state index >= 15 is 0 Å². The van der Waals surface area contributed by atoms with Crippen molar-refractivity contribution >= 4 is 22.5 Å². The van der Waals surface area contributed by atoms with Crippen LogP contribution in [-0.4, -0.2) is 62.4 Å². The van der Waals surface area contributed by atoms with E-state index in [4.69, 9.17) is 10.8 Å². The number of alkyl halides is 2. The molecule has 1 aliphatic carbocycles. The molecule has 1 saturated heterocycles. The number of anilines is 1. The van der Waals surface area contributed by atoms with Gasteiger partial charge in [0.15, 0.2) is 0 Å². The highest BCUT2D eigenvalue weighted by Gasteiger charge is 2.41. The molecule has 3 aromatic heterocycles. The summed E-state index contributed by atoms with van der Waals surface area (Å²) in [4.78, 5) is 4.59. The monoisotopic (exact) mass is 470 g/mol. The van der Waals surface area contributed by atoms with Gasteiger partial charge in [0.05, 0.1) is 27.2 Å². The Morgan fingerprint density at radius 1 is 1.29 bits per heavy atom. The van der Waals surface area contributed by atoms with Crippen molar-refractivity contribution < 1.29 is 19.6 Å². The molecule has 1 N–H and O–H groups in total. The van der Waals surface area contributed by atoms with Crippen LogP contribution < -0.4 is 10.1 Å². The first-order chi connectivity index (χ1) is 16.9. The Morgan fingerprint density at radius 3 is 2.82 bits per heavy atom. The molecule has 9 nitrogen and oxygen atoms in total. The van der Waals surface area contributed by atoms with E-state index < -0.39 is 13.0 Å². The third-order valence-electron chi connectivity index (χ3n) is 6.93. The molecule has 0 bridgehead atoms. The zero-order valence-corrected chi connectivity index (χ0v) is 18.7. The zero-order chi connectivity index (χ0) is 24.2. The van der Waals surface area contributed by atoms with E-state index in [1.807, 2.05) is 6.07 Å². The first kappa shape index (κ1) is 20.1. The Morgan fingerprint density at radius 2 is 2.12 bits per heavy atom. The summed E-state index contributed by atoms with van der Waals surface area (Å²) in [7, 11) is 1.53. The Labute approximate surface area is 195 Å². The number of ether oxygens (including phenoxy) is 2. The van der Waals surface area contributed by atoms with Gasteiger partial charge in [0, 0.05) is 23.2 Å². The Kier molecular flexibility index (Phi) is 4.81. The number of nitrogens with zero attached hydrogens (tertiary/aromatic N) is 6. The second-order valence-corrected chi connectivity index (χ2v) is 9.17. The minimum Gasteiger partial charge on any atom is -0.479 e. The van der Waals surface area contributed by atoms with E-state index in [2.05, 4.69) is 25.7 Å². The van der Waals surface area contributed by atoms with Crippen LogP contribution in [0.1, 0.15) is 27.1 Å². The maximum Gasteiger partial charge on any atom is 0.258 e. The predicted octanol–water partition coefficient (Wildman–Crippen LogP) is 3.79. The SMILES string of the molecule is [2H]c1cc(-c2ccc3nnn(CC(F)F)c3c2)c2c(OC)nc(NC3CCC4(CC3)COC4)nn12. The average Bonchev–Trinajstić information content (AvgIpc) is 3.38. The number of nitrogens with one attached hydrogen (secondary N) is 1. The fraction of sp³-hybridized carbons (Fsp3) is 0.478. The summed E-state index contributed by atoms with van der Waals surface area (Å²) in [6.07, 6.45) is 1.86. The van der Waals surface area contributed by atoms with Gasteiger partial charge in [-0.25, -0.2) is 18.0 Å². The molecular weight excluding hydrogens is 444 g/mol. The quantitative estimate of drug-likeness (QED) is 0.459. The molecule has 1 spiro atoms. The van der Waals surface area contributed by atoms with Crippen molar-refractivity contribution in [3.05, 3.63) is 30.4 Å². The van der Waals surface area contributed by atoms with E-state index in [-0.39, 0.29) is 12.2 Å². The Bertz CT molecular complexity index is 1390. The van der Waals surface area contributed by atoms with E-state index in [9.17, 15) is 8.78 Å². The second-order valence-electron chi connectivity index (χ2n) is 9.17. The maximum absolute atomic E-state index is 13.0. The third kappa shape index (κ3) is 3.64. The molecule has 11 heteroatoms. The number of benzene rings is 1. The van der Waals surface area contributed by atoms with Crippen LogP contribution in [0.5, 0.6) is 5.88 Å². The van der Waals surface area contributed by atoms with Gasteiger partial charge in [-0.05, 0) is 49.4 Å². The highest BCUT2D eigenvalue weighted by Crippen LogP contribution is 2.42. The van der Waals surface area contributed by atoms with Crippen LogP contribution in [0.25, 0.3) is 27.7 Å². The van der Waals surface area contributed by atoms with Crippen molar-refractivity contribution in [2.75, 3.05) is 25.6 Å². The van der Waals surface area contributed by atoms with Gasteiger partial charge >= 0.3 is 0 Å². The molecule has 2 aliphatic rings. The lowest BCUT2D eigenvalue weighted by Gasteiger charge is -2.46. The van der Waals surface area contributed by atoms with Gasteiger partial charge in [-0.2, -0.15) is 4.98 Å². The van der Waals surface area contributed by atoms with Crippen molar-refractivity contribution in [3.63, 3.8) is 0 Å². The molecule has 0 atom stereocenters. The third-order valence-corrected chi connectivity index (χ3v) is 6.93. The topological polar surface area (TPSA) is 91.4 Å². The fourth-order valence-electron chi connectivity index (χ4n) is 4.98. The first-order valence-corrected chi connectivity index (χ1v) is 11.4. The second kappa shape index (κ2) is 8.15. The zero-order valence-electron chi connectivity index (χ0n) is 19.7. The number of hydrogen-bond donors (Lipinski definition) is 1. The lowest BCUT2D eigenvalue weighted by atomic mass is 9.71. The molecule has 1 saturated carbocycles. The van der Waals surface area contributed by atoms with Gasteiger partial charge in [-0.1, -0.05) is 11.3 Å². The molecule has 1 aliphatic heterocycles. The summed E-state index contributed by atoms with van der Waals surface area (Å²) in [5.41, 5.74) is 3.25. The smallest absolute Gasteiger partial charge is 0.258 e. The summed E-state index contributed by atoms with van der Waals surface area (Å²) in [5.74, 6) is 0.737. The van der Waals surface area contributed by atoms with Crippen LogP contribution >= 0.6 is 0 Å². The van der Waals surface area contributed by atoms with Gasteiger partial charge in [0.2, 0.25) is 11.8 Å². The molecule has 6 rings (SSSR count). The number of halogens is 2. The number of rotatable bonds is 6. The van der Waals surface area contributed by atoms with Gasteiger partial charge < -0.3 is 14.8 Å². The summed E-state index contributed by atoms with van der Waals surface area (Å²) < 4.78 is 48.1. The summed E-state index contributed by atoms with van der Waals surface area (Å²) >= 11 is 0. The number of fused-ring (bicyclic) bond motifs is 2. The van der Waals surface area contributed by atoms with Gasteiger partial charge in [0.1, 0.15) is 17.6 Å². The van der Waals surface area contributed by atoms with Gasteiger partial charge in [-0.3, -0.25) is 0 Å². The van der Waals surface area contributed by atoms with Crippen LogP contribution in [0.2, 0.25) is 0 Å². The molecule has 178 valence electrons. The molecule has 0 amide bonds. The standard InChI is InChI=1S/C23H25F2N7O2/c1-33-21-20-16(14-2-3-17-18(10-14)32(30-28-17)11-19(24)25)6-9-31(20)29-22(27-21)26-15-4-7-23(8-5-15)12-34-13-23/h2-3,6,9-10,15,19H,4-5,7-8,11-13H2,1H3,(H,26,29)/i9D. The van der Waals surface area contributed by atoms with Gasteiger partial charge in [-0.15, -0.1) is 10.2 Å². The summed E-state index contributed by atoms with van der Waals surface area (Å²) in [5, 5.41) is 15.8. The van der Waals surface area contributed by atoms with E-state index in [0.29, 0.717) is 44.9 Å². The minimum atomic E-state index is -2.55. The van der Waals surface area contributed by atoms with Crippen molar-refractivity contribution in [1.29, 1.82) is 0 Å². The predicted molar refractivity (Wildman–Crippen MR) is 121 cm³/mol. The van der Waals surface area contributed by atoms with Crippen molar-refractivity contribution in [2.24, 2.45) is 5.41 Å². The van der Waals surface area contributed by atoms with Crippen molar-refractivity contribution in [1.82, 2.24) is 29.6 Å². The molecular formula is C23H25F2N7O2. The lowest BCUT2D eigenvalue weighted by Crippen LogP contribution is -2.47. The van der Waals surface area contributed by atoms with Crippen LogP contribution in [0, 0.1) is 5.41 Å². The first-order valence-electron chi connectivity index (χ1n) is 11.9. The van der Waals surface area contributed by atoms with Crippen LogP contribution in [-0.2, 0) is 11.3 Å². The molecule has 4 aromatic rings. The lowest BCUT2D eigenvalue weighted by molar-refractivity contribution is -0.131. The number of aromatic nitrogens is 6. The van der Waals surface area contributed by atoms with Crippen molar-refractivity contribution in [3.8, 4) is 17.0 Å². The summed E-state index contributed by atoms with van der Waals surface area (Å²) in [6, 6.07) is 7.18. The summed E-state index contributed by atoms with van der Waals surface area (Å²) in [6.45, 7) is 1.17. The van der Waals surface area contributed by atoms with Crippen LogP contribution in [0.15, 0.2) is 30.4 Å². The normalized spacial score (nSPS) is 18.5. The fourth-order valence-corrected chi connectivity index (χ4v) is 4.98. The molecule has 1 aromatic carbocycles. The van der Waals surface area contributed by atoms with E-state index in [0.717, 1.165) is 38.9 Å². The maximum atomic E-state index is 13.0. The highest BCUT2D eigenvalue weighted by molar-refractivity contribution is 5.89. The molecule has 4 heterocycles. The van der Waals surface area contributed by atoms with E-state index in [1.165, 1.54) is 16.3 Å². The number of methoxy groups -OCH3 is 1. The van der Waals surface area contributed by atoms with Gasteiger partial charge in [0.25, 0.3) is 6.43 Å². The average molecular weight is 471 g/mol. The highest BCUT2D eigenvalue weighted by atomic mass is 19.3. The van der Waals surface area contributed by atoms with Crippen molar-refractivity contribution in [2.45, 2.75) is 44.7 Å². The largest absolute Gasteiger partial charge is 0.479 e. The van der Waals surface area contributed by atoms with Crippen LogP contribution in [0.4, 0.5) is 14.7 Å². The Balaban J connectivity index is 1.34. The number of hydrogen-bond acceptors (Lipinski definition) is 7.